The normalized spacial score (nSPS) is 17.9. The molecular formula is C26H30ClN3O3. The number of fused-ring (bicyclic) bond motifs is 1. The van der Waals surface area contributed by atoms with Gasteiger partial charge in [0.15, 0.2) is 0 Å². The highest BCUT2D eigenvalue weighted by Gasteiger charge is 2.29. The largest absolute Gasteiger partial charge is 0.508 e. The van der Waals surface area contributed by atoms with Gasteiger partial charge in [-0.3, -0.25) is 4.90 Å². The molecule has 1 aromatic heterocycles. The Morgan fingerprint density at radius 2 is 1.67 bits per heavy atom. The fourth-order valence-corrected chi connectivity index (χ4v) is 4.82. The van der Waals surface area contributed by atoms with Crippen LogP contribution in [0, 0.1) is 0 Å². The van der Waals surface area contributed by atoms with Crippen LogP contribution >= 0.6 is 12.4 Å². The zero-order valence-corrected chi connectivity index (χ0v) is 19.4. The lowest BCUT2D eigenvalue weighted by Gasteiger charge is -2.39. The molecule has 174 valence electrons. The van der Waals surface area contributed by atoms with Crippen LogP contribution < -0.4 is 9.64 Å². The van der Waals surface area contributed by atoms with Gasteiger partial charge in [0, 0.05) is 31.0 Å². The highest BCUT2D eigenvalue weighted by Crippen LogP contribution is 2.39. The Bertz CT molecular complexity index is 1050. The number of likely N-dealkylation sites (tertiary alicyclic amines) is 1. The first kappa shape index (κ1) is 23.2. The van der Waals surface area contributed by atoms with Gasteiger partial charge >= 0.3 is 0 Å². The van der Waals surface area contributed by atoms with E-state index in [9.17, 15) is 10.2 Å². The predicted octanol–water partition coefficient (Wildman–Crippen LogP) is 4.54. The molecule has 1 saturated heterocycles. The van der Waals surface area contributed by atoms with Crippen LogP contribution in [0.15, 0.2) is 60.8 Å². The lowest BCUT2D eigenvalue weighted by Crippen LogP contribution is -2.36. The summed E-state index contributed by atoms with van der Waals surface area (Å²) in [5.41, 5.74) is 4.41. The van der Waals surface area contributed by atoms with Gasteiger partial charge in [-0.25, -0.2) is 4.98 Å². The van der Waals surface area contributed by atoms with Crippen LogP contribution in [-0.2, 0) is 6.42 Å². The number of rotatable bonds is 6. The van der Waals surface area contributed by atoms with Gasteiger partial charge in [0.2, 0.25) is 5.88 Å². The van der Waals surface area contributed by atoms with Crippen LogP contribution in [0.4, 0.5) is 5.69 Å². The van der Waals surface area contributed by atoms with Crippen LogP contribution in [0.3, 0.4) is 0 Å². The number of halogens is 1. The van der Waals surface area contributed by atoms with Crippen molar-refractivity contribution in [2.24, 2.45) is 0 Å². The van der Waals surface area contributed by atoms with Gasteiger partial charge < -0.3 is 19.8 Å². The maximum atomic E-state index is 9.98. The lowest BCUT2D eigenvalue weighted by molar-refractivity contribution is 0.232. The van der Waals surface area contributed by atoms with Crippen LogP contribution in [0.1, 0.15) is 35.6 Å². The van der Waals surface area contributed by atoms with Crippen molar-refractivity contribution in [2.75, 3.05) is 37.7 Å². The molecule has 2 N–H and O–H groups in total. The van der Waals surface area contributed by atoms with Crippen molar-refractivity contribution in [2.45, 2.75) is 25.3 Å². The van der Waals surface area contributed by atoms with E-state index in [1.54, 1.807) is 18.2 Å². The van der Waals surface area contributed by atoms with Crippen molar-refractivity contribution >= 4 is 18.1 Å². The molecule has 0 spiro atoms. The molecule has 33 heavy (non-hydrogen) atoms. The summed E-state index contributed by atoms with van der Waals surface area (Å²) in [5.74, 6) is 1.19. The first-order valence-electron chi connectivity index (χ1n) is 11.4. The molecule has 2 aliphatic heterocycles. The Hall–Kier alpha value is -2.96. The standard InChI is InChI=1S/C26H29N3O3.ClH/c30-22-6-4-21(5-7-22)29-14-11-19-17-23(31)8-9-24(19)26(29)20-3-10-25(27-18-20)32-16-15-28-12-1-2-13-28;/h3-10,17-18,26,30-31H,1-2,11-16H2;1H. The Balaban J connectivity index is 0.00000259. The first-order chi connectivity index (χ1) is 15.7. The van der Waals surface area contributed by atoms with E-state index in [2.05, 4.69) is 20.9 Å². The minimum Gasteiger partial charge on any atom is -0.508 e. The molecule has 7 heteroatoms. The molecule has 0 amide bonds. The van der Waals surface area contributed by atoms with Crippen molar-refractivity contribution < 1.29 is 14.9 Å². The second kappa shape index (κ2) is 10.3. The van der Waals surface area contributed by atoms with Crippen molar-refractivity contribution in [3.63, 3.8) is 0 Å². The molecule has 3 aromatic rings. The monoisotopic (exact) mass is 467 g/mol. The SMILES string of the molecule is Cl.Oc1ccc(N2CCc3cc(O)ccc3C2c2ccc(OCCN3CCCC3)nc2)cc1. The molecule has 6 nitrogen and oxygen atoms in total. The third-order valence-corrected chi connectivity index (χ3v) is 6.47. The van der Waals surface area contributed by atoms with Crippen molar-refractivity contribution in [3.8, 4) is 17.4 Å². The molecule has 2 aromatic carbocycles. The summed E-state index contributed by atoms with van der Waals surface area (Å²) in [6.45, 7) is 4.73. The number of hydrogen-bond donors (Lipinski definition) is 2. The molecule has 1 unspecified atom stereocenters. The molecule has 0 bridgehead atoms. The average Bonchev–Trinajstić information content (AvgIpc) is 3.33. The minimum absolute atomic E-state index is 0. The predicted molar refractivity (Wildman–Crippen MR) is 132 cm³/mol. The van der Waals surface area contributed by atoms with Gasteiger partial charge in [-0.15, -0.1) is 12.4 Å². The highest BCUT2D eigenvalue weighted by atomic mass is 35.5. The number of phenols is 2. The zero-order chi connectivity index (χ0) is 21.9. The summed E-state index contributed by atoms with van der Waals surface area (Å²) >= 11 is 0. The maximum Gasteiger partial charge on any atom is 0.213 e. The molecule has 2 aliphatic rings. The number of aromatic nitrogens is 1. The van der Waals surface area contributed by atoms with E-state index in [1.165, 1.54) is 25.9 Å². The van der Waals surface area contributed by atoms with E-state index in [0.717, 1.165) is 41.9 Å². The average molecular weight is 468 g/mol. The quantitative estimate of drug-likeness (QED) is 0.554. The van der Waals surface area contributed by atoms with Crippen molar-refractivity contribution in [3.05, 3.63) is 77.5 Å². The summed E-state index contributed by atoms with van der Waals surface area (Å²) < 4.78 is 5.89. The van der Waals surface area contributed by atoms with Gasteiger partial charge in [0.1, 0.15) is 18.1 Å². The number of aromatic hydroxyl groups is 2. The first-order valence-corrected chi connectivity index (χ1v) is 11.4. The van der Waals surface area contributed by atoms with E-state index in [1.807, 2.05) is 36.5 Å². The lowest BCUT2D eigenvalue weighted by atomic mass is 9.88. The van der Waals surface area contributed by atoms with Gasteiger partial charge in [-0.2, -0.15) is 0 Å². The summed E-state index contributed by atoms with van der Waals surface area (Å²) in [6.07, 6.45) is 5.30. The summed E-state index contributed by atoms with van der Waals surface area (Å²) in [5, 5.41) is 19.7. The molecule has 3 heterocycles. The van der Waals surface area contributed by atoms with Crippen molar-refractivity contribution in [1.82, 2.24) is 9.88 Å². The van der Waals surface area contributed by atoms with E-state index in [4.69, 9.17) is 4.74 Å². The van der Waals surface area contributed by atoms with E-state index >= 15 is 0 Å². The smallest absolute Gasteiger partial charge is 0.213 e. The van der Waals surface area contributed by atoms with Crippen LogP contribution in [-0.4, -0.2) is 52.9 Å². The van der Waals surface area contributed by atoms with Crippen LogP contribution in [0.25, 0.3) is 0 Å². The number of phenolic OH excluding ortho intramolecular Hbond substituents is 2. The summed E-state index contributed by atoms with van der Waals surface area (Å²) in [6, 6.07) is 16.9. The third kappa shape index (κ3) is 5.18. The molecule has 0 radical (unpaired) electrons. The van der Waals surface area contributed by atoms with Crippen LogP contribution in [0.5, 0.6) is 17.4 Å². The van der Waals surface area contributed by atoms with E-state index in [0.29, 0.717) is 18.2 Å². The molecular weight excluding hydrogens is 438 g/mol. The van der Waals surface area contributed by atoms with Crippen LogP contribution in [0.2, 0.25) is 0 Å². The number of benzene rings is 2. The molecule has 0 saturated carbocycles. The maximum absolute atomic E-state index is 9.98. The van der Waals surface area contributed by atoms with Crippen molar-refractivity contribution in [1.29, 1.82) is 0 Å². The Morgan fingerprint density at radius 1 is 0.909 bits per heavy atom. The van der Waals surface area contributed by atoms with Gasteiger partial charge in [0.05, 0.1) is 6.04 Å². The zero-order valence-electron chi connectivity index (χ0n) is 18.6. The van der Waals surface area contributed by atoms with Gasteiger partial charge in [0.25, 0.3) is 0 Å². The fraction of sp³-hybridized carbons (Fsp3) is 0.346. The molecule has 0 aliphatic carbocycles. The molecule has 5 rings (SSSR count). The third-order valence-electron chi connectivity index (χ3n) is 6.47. The fourth-order valence-electron chi connectivity index (χ4n) is 4.82. The number of anilines is 1. The van der Waals surface area contributed by atoms with E-state index < -0.39 is 0 Å². The summed E-state index contributed by atoms with van der Waals surface area (Å²) in [7, 11) is 0. The Morgan fingerprint density at radius 3 is 2.39 bits per heavy atom. The summed E-state index contributed by atoms with van der Waals surface area (Å²) in [4.78, 5) is 9.35. The second-order valence-corrected chi connectivity index (χ2v) is 8.57. The number of ether oxygens (including phenoxy) is 1. The number of nitrogens with zero attached hydrogens (tertiary/aromatic N) is 3. The van der Waals surface area contributed by atoms with Gasteiger partial charge in [-0.1, -0.05) is 6.07 Å². The number of hydrogen-bond acceptors (Lipinski definition) is 6. The Labute approximate surface area is 200 Å². The highest BCUT2D eigenvalue weighted by molar-refractivity contribution is 5.85. The number of pyridine rings is 1. The molecule has 1 atom stereocenters. The topological polar surface area (TPSA) is 69.1 Å². The Kier molecular flexibility index (Phi) is 7.26. The molecule has 1 fully saturated rings. The second-order valence-electron chi connectivity index (χ2n) is 8.57. The van der Waals surface area contributed by atoms with E-state index in [-0.39, 0.29) is 24.2 Å². The van der Waals surface area contributed by atoms with Gasteiger partial charge in [-0.05, 0) is 91.5 Å². The minimum atomic E-state index is -0.0324.